The molecular weight excluding hydrogens is 252 g/mol. The third-order valence-corrected chi connectivity index (χ3v) is 3.86. The van der Waals surface area contributed by atoms with Gasteiger partial charge in [0.15, 0.2) is 3.95 Å². The summed E-state index contributed by atoms with van der Waals surface area (Å²) in [5.74, 6) is 0. The van der Waals surface area contributed by atoms with Crippen molar-refractivity contribution < 1.29 is 0 Å². The third kappa shape index (κ3) is 2.47. The Labute approximate surface area is 110 Å². The van der Waals surface area contributed by atoms with Crippen molar-refractivity contribution in [1.82, 2.24) is 20.0 Å². The molecule has 0 bridgehead atoms. The van der Waals surface area contributed by atoms with Crippen LogP contribution in [0.1, 0.15) is 41.8 Å². The summed E-state index contributed by atoms with van der Waals surface area (Å²) in [6.07, 6.45) is 0.808. The smallest absolute Gasteiger partial charge is 0.176 e. The monoisotopic (exact) mass is 268 g/mol. The fourth-order valence-corrected chi connectivity index (χ4v) is 2.89. The molecule has 92 valence electrons. The van der Waals surface area contributed by atoms with E-state index in [0.717, 1.165) is 21.1 Å². The van der Waals surface area contributed by atoms with Crippen molar-refractivity contribution in [3.63, 3.8) is 0 Å². The molecule has 2 aromatic rings. The van der Waals surface area contributed by atoms with Gasteiger partial charge in [0.25, 0.3) is 0 Å². The maximum atomic E-state index is 5.04. The fraction of sp³-hybridized carbons (Fsp3) is 0.545. The molecule has 0 aliphatic heterocycles. The van der Waals surface area contributed by atoms with Crippen LogP contribution in [0.4, 0.5) is 0 Å². The van der Waals surface area contributed by atoms with Crippen molar-refractivity contribution in [2.45, 2.75) is 40.2 Å². The number of nitrogens with one attached hydrogen (secondary N) is 1. The van der Waals surface area contributed by atoms with E-state index in [1.54, 1.807) is 0 Å². The van der Waals surface area contributed by atoms with Gasteiger partial charge < -0.3 is 0 Å². The fourth-order valence-electron chi connectivity index (χ4n) is 1.94. The first-order valence-electron chi connectivity index (χ1n) is 5.58. The Hall–Kier alpha value is -1.01. The molecule has 0 fully saturated rings. The molecule has 0 saturated heterocycles. The van der Waals surface area contributed by atoms with Gasteiger partial charge in [-0.1, -0.05) is 11.3 Å². The SMILES string of the molecule is Cc1nn(C(C)C)c(C)c1Cc1n[nH]c(=S)s1. The van der Waals surface area contributed by atoms with E-state index in [2.05, 4.69) is 40.7 Å². The van der Waals surface area contributed by atoms with Gasteiger partial charge >= 0.3 is 0 Å². The lowest BCUT2D eigenvalue weighted by Crippen LogP contribution is -2.05. The lowest BCUT2D eigenvalue weighted by molar-refractivity contribution is 0.516. The van der Waals surface area contributed by atoms with Crippen LogP contribution in [0.5, 0.6) is 0 Å². The zero-order chi connectivity index (χ0) is 12.6. The van der Waals surface area contributed by atoms with Gasteiger partial charge in [-0.2, -0.15) is 10.2 Å². The highest BCUT2D eigenvalue weighted by atomic mass is 32.1. The summed E-state index contributed by atoms with van der Waals surface area (Å²) in [6, 6.07) is 0.389. The second-order valence-corrected chi connectivity index (χ2v) is 6.12. The zero-order valence-electron chi connectivity index (χ0n) is 10.4. The minimum atomic E-state index is 0.389. The Morgan fingerprint density at radius 1 is 1.41 bits per heavy atom. The summed E-state index contributed by atoms with van der Waals surface area (Å²) < 4.78 is 2.79. The van der Waals surface area contributed by atoms with Crippen molar-refractivity contribution >= 4 is 23.6 Å². The van der Waals surface area contributed by atoms with Crippen LogP contribution >= 0.6 is 23.6 Å². The summed E-state index contributed by atoms with van der Waals surface area (Å²) in [7, 11) is 0. The zero-order valence-corrected chi connectivity index (χ0v) is 12.1. The van der Waals surface area contributed by atoms with Crippen molar-refractivity contribution in [2.75, 3.05) is 0 Å². The summed E-state index contributed by atoms with van der Waals surface area (Å²) >= 11 is 6.57. The predicted molar refractivity (Wildman–Crippen MR) is 72.2 cm³/mol. The maximum absolute atomic E-state index is 5.04. The van der Waals surface area contributed by atoms with Gasteiger partial charge in [-0.3, -0.25) is 9.78 Å². The number of nitrogens with zero attached hydrogens (tertiary/aromatic N) is 3. The highest BCUT2D eigenvalue weighted by Gasteiger charge is 2.14. The van der Waals surface area contributed by atoms with Crippen LogP contribution in [0.25, 0.3) is 0 Å². The van der Waals surface area contributed by atoms with Crippen LogP contribution in [-0.4, -0.2) is 20.0 Å². The number of H-pyrrole nitrogens is 1. The van der Waals surface area contributed by atoms with E-state index in [9.17, 15) is 0 Å². The molecule has 2 aromatic heterocycles. The second-order valence-electron chi connectivity index (χ2n) is 4.37. The van der Waals surface area contributed by atoms with Crippen molar-refractivity contribution in [3.8, 4) is 0 Å². The summed E-state index contributed by atoms with van der Waals surface area (Å²) in [5.41, 5.74) is 3.56. The van der Waals surface area contributed by atoms with Gasteiger partial charge in [0, 0.05) is 23.7 Å². The molecule has 2 heterocycles. The van der Waals surface area contributed by atoms with Crippen LogP contribution in [0.15, 0.2) is 0 Å². The number of hydrogen-bond acceptors (Lipinski definition) is 4. The Morgan fingerprint density at radius 2 is 2.12 bits per heavy atom. The van der Waals surface area contributed by atoms with Gasteiger partial charge in [0.2, 0.25) is 0 Å². The second kappa shape index (κ2) is 4.70. The summed E-state index contributed by atoms with van der Waals surface area (Å²) in [4.78, 5) is 0. The maximum Gasteiger partial charge on any atom is 0.176 e. The average Bonchev–Trinajstić information content (AvgIpc) is 2.77. The molecule has 4 nitrogen and oxygen atoms in total. The lowest BCUT2D eigenvalue weighted by Gasteiger charge is -2.08. The first kappa shape index (κ1) is 12.4. The normalized spacial score (nSPS) is 11.4. The van der Waals surface area contributed by atoms with Crippen LogP contribution in [-0.2, 0) is 6.42 Å². The number of hydrogen-bond donors (Lipinski definition) is 1. The highest BCUT2D eigenvalue weighted by molar-refractivity contribution is 7.73. The summed E-state index contributed by atoms with van der Waals surface area (Å²) in [5, 5.41) is 12.6. The van der Waals surface area contributed by atoms with Crippen LogP contribution in [0.3, 0.4) is 0 Å². The first-order valence-corrected chi connectivity index (χ1v) is 6.80. The molecule has 0 aliphatic rings. The van der Waals surface area contributed by atoms with Gasteiger partial charge in [0.1, 0.15) is 5.01 Å². The van der Waals surface area contributed by atoms with E-state index >= 15 is 0 Å². The molecular formula is C11H16N4S2. The van der Waals surface area contributed by atoms with E-state index < -0.39 is 0 Å². The highest BCUT2D eigenvalue weighted by Crippen LogP contribution is 2.21. The van der Waals surface area contributed by atoms with Crippen LogP contribution < -0.4 is 0 Å². The Bertz CT molecular complexity index is 577. The largest absolute Gasteiger partial charge is 0.267 e. The molecule has 0 aromatic carbocycles. The van der Waals surface area contributed by atoms with Crippen molar-refractivity contribution in [2.24, 2.45) is 0 Å². The number of aryl methyl sites for hydroxylation is 1. The van der Waals surface area contributed by atoms with E-state index in [1.807, 2.05) is 6.92 Å². The minimum absolute atomic E-state index is 0.389. The molecule has 2 rings (SSSR count). The van der Waals surface area contributed by atoms with Gasteiger partial charge in [-0.25, -0.2) is 0 Å². The number of aromatic nitrogens is 4. The summed E-state index contributed by atoms with van der Waals surface area (Å²) in [6.45, 7) is 8.44. The quantitative estimate of drug-likeness (QED) is 0.870. The molecule has 17 heavy (non-hydrogen) atoms. The Balaban J connectivity index is 2.36. The predicted octanol–water partition coefficient (Wildman–Crippen LogP) is 3.19. The molecule has 0 amide bonds. The molecule has 0 unspecified atom stereocenters. The average molecular weight is 268 g/mol. The van der Waals surface area contributed by atoms with Crippen molar-refractivity contribution in [1.29, 1.82) is 0 Å². The van der Waals surface area contributed by atoms with Gasteiger partial charge in [-0.05, 0) is 39.9 Å². The first-order chi connectivity index (χ1) is 7.99. The molecule has 1 N–H and O–H groups in total. The minimum Gasteiger partial charge on any atom is -0.267 e. The van der Waals surface area contributed by atoms with Crippen molar-refractivity contribution in [3.05, 3.63) is 25.9 Å². The third-order valence-electron chi connectivity index (χ3n) is 2.77. The van der Waals surface area contributed by atoms with E-state index in [-0.39, 0.29) is 0 Å². The van der Waals surface area contributed by atoms with Crippen LogP contribution in [0.2, 0.25) is 0 Å². The molecule has 0 atom stereocenters. The standard InChI is InChI=1S/C11H16N4S2/c1-6(2)15-8(4)9(7(3)14-15)5-10-12-13-11(16)17-10/h6H,5H2,1-4H3,(H,13,16). The Morgan fingerprint density at radius 3 is 2.59 bits per heavy atom. The van der Waals surface area contributed by atoms with Gasteiger partial charge in [0.05, 0.1) is 5.69 Å². The van der Waals surface area contributed by atoms with E-state index in [0.29, 0.717) is 6.04 Å². The molecule has 0 radical (unpaired) electrons. The number of aromatic amines is 1. The van der Waals surface area contributed by atoms with Gasteiger partial charge in [-0.15, -0.1) is 0 Å². The lowest BCUT2D eigenvalue weighted by atomic mass is 10.1. The van der Waals surface area contributed by atoms with Crippen LogP contribution in [0, 0.1) is 17.8 Å². The molecule has 6 heteroatoms. The molecule has 0 aliphatic carbocycles. The van der Waals surface area contributed by atoms with E-state index in [4.69, 9.17) is 12.2 Å². The number of rotatable bonds is 3. The van der Waals surface area contributed by atoms with E-state index in [1.165, 1.54) is 22.6 Å². The topological polar surface area (TPSA) is 46.5 Å². The molecule has 0 spiro atoms. The Kier molecular flexibility index (Phi) is 3.44. The molecule has 0 saturated carbocycles.